The molecular formula is C14H15FN2O. The van der Waals surface area contributed by atoms with Gasteiger partial charge in [0, 0.05) is 18.9 Å². The van der Waals surface area contributed by atoms with Crippen molar-refractivity contribution in [3.05, 3.63) is 59.2 Å². The summed E-state index contributed by atoms with van der Waals surface area (Å²) in [6, 6.07) is 8.31. The molecular weight excluding hydrogens is 231 g/mol. The maximum atomic E-state index is 13.5. The van der Waals surface area contributed by atoms with Crippen molar-refractivity contribution >= 4 is 5.91 Å². The molecule has 0 aliphatic carbocycles. The Labute approximate surface area is 105 Å². The average Bonchev–Trinajstić information content (AvgIpc) is 2.75. The molecule has 0 saturated carbocycles. The fraction of sp³-hybridized carbons (Fsp3) is 0.214. The number of hydrogen-bond donors (Lipinski definition) is 1. The van der Waals surface area contributed by atoms with Crippen molar-refractivity contribution in [2.45, 2.75) is 13.5 Å². The van der Waals surface area contributed by atoms with Crippen LogP contribution in [0.4, 0.5) is 4.39 Å². The van der Waals surface area contributed by atoms with Gasteiger partial charge >= 0.3 is 0 Å². The van der Waals surface area contributed by atoms with Gasteiger partial charge in [-0.05, 0) is 31.2 Å². The second-order valence-corrected chi connectivity index (χ2v) is 4.28. The number of halogens is 1. The van der Waals surface area contributed by atoms with Crippen molar-refractivity contribution < 1.29 is 9.18 Å². The van der Waals surface area contributed by atoms with Crippen LogP contribution in [-0.4, -0.2) is 10.5 Å². The Hall–Kier alpha value is -2.10. The van der Waals surface area contributed by atoms with Crippen LogP contribution in [-0.2, 0) is 13.6 Å². The third-order valence-corrected chi connectivity index (χ3v) is 2.85. The molecule has 0 bridgehead atoms. The van der Waals surface area contributed by atoms with E-state index in [1.54, 1.807) is 12.1 Å². The van der Waals surface area contributed by atoms with Gasteiger partial charge in [0.15, 0.2) is 0 Å². The first kappa shape index (κ1) is 12.4. The number of aromatic nitrogens is 1. The highest BCUT2D eigenvalue weighted by Gasteiger charge is 2.11. The van der Waals surface area contributed by atoms with E-state index in [-0.39, 0.29) is 5.56 Å². The molecule has 1 N–H and O–H groups in total. The normalized spacial score (nSPS) is 10.4. The Kier molecular flexibility index (Phi) is 3.46. The predicted molar refractivity (Wildman–Crippen MR) is 67.7 cm³/mol. The minimum absolute atomic E-state index is 0.0872. The lowest BCUT2D eigenvalue weighted by atomic mass is 10.1. The highest BCUT2D eigenvalue weighted by molar-refractivity contribution is 5.94. The summed E-state index contributed by atoms with van der Waals surface area (Å²) in [6.45, 7) is 2.21. The van der Waals surface area contributed by atoms with E-state index in [0.717, 1.165) is 11.3 Å². The Balaban J connectivity index is 2.08. The van der Waals surface area contributed by atoms with Crippen LogP contribution in [0.2, 0.25) is 0 Å². The number of amides is 1. The van der Waals surface area contributed by atoms with Crippen molar-refractivity contribution in [3.63, 3.8) is 0 Å². The molecule has 94 valence electrons. The van der Waals surface area contributed by atoms with E-state index in [2.05, 4.69) is 5.32 Å². The highest BCUT2D eigenvalue weighted by atomic mass is 19.1. The van der Waals surface area contributed by atoms with Gasteiger partial charge in [-0.1, -0.05) is 11.6 Å². The molecule has 2 aromatic rings. The summed E-state index contributed by atoms with van der Waals surface area (Å²) < 4.78 is 15.4. The first-order valence-electron chi connectivity index (χ1n) is 5.72. The van der Waals surface area contributed by atoms with E-state index < -0.39 is 11.7 Å². The molecule has 0 unspecified atom stereocenters. The molecule has 0 fully saturated rings. The van der Waals surface area contributed by atoms with Gasteiger partial charge in [-0.15, -0.1) is 0 Å². The number of rotatable bonds is 3. The molecule has 0 spiro atoms. The van der Waals surface area contributed by atoms with Gasteiger partial charge < -0.3 is 9.88 Å². The van der Waals surface area contributed by atoms with E-state index in [1.165, 1.54) is 6.07 Å². The van der Waals surface area contributed by atoms with E-state index in [1.807, 2.05) is 36.9 Å². The lowest BCUT2D eigenvalue weighted by molar-refractivity contribution is 0.0946. The van der Waals surface area contributed by atoms with Crippen molar-refractivity contribution in [1.82, 2.24) is 9.88 Å². The van der Waals surface area contributed by atoms with Crippen LogP contribution in [0.1, 0.15) is 21.6 Å². The zero-order valence-electron chi connectivity index (χ0n) is 10.4. The quantitative estimate of drug-likeness (QED) is 0.886. The zero-order chi connectivity index (χ0) is 13.1. The Bertz CT molecular complexity index is 575. The number of carbonyl (C=O) groups is 1. The Morgan fingerprint density at radius 1 is 1.39 bits per heavy atom. The van der Waals surface area contributed by atoms with Gasteiger partial charge in [-0.3, -0.25) is 4.79 Å². The summed E-state index contributed by atoms with van der Waals surface area (Å²) in [5.74, 6) is -0.887. The van der Waals surface area contributed by atoms with Crippen molar-refractivity contribution in [1.29, 1.82) is 0 Å². The van der Waals surface area contributed by atoms with Crippen LogP contribution in [0.15, 0.2) is 36.5 Å². The lowest BCUT2D eigenvalue weighted by Crippen LogP contribution is -2.24. The van der Waals surface area contributed by atoms with Crippen LogP contribution in [0.5, 0.6) is 0 Å². The molecule has 1 amide bonds. The van der Waals surface area contributed by atoms with Gasteiger partial charge in [-0.25, -0.2) is 4.39 Å². The average molecular weight is 246 g/mol. The van der Waals surface area contributed by atoms with Crippen LogP contribution in [0, 0.1) is 12.7 Å². The van der Waals surface area contributed by atoms with Crippen molar-refractivity contribution in [3.8, 4) is 0 Å². The number of carbonyl (C=O) groups excluding carboxylic acids is 1. The topological polar surface area (TPSA) is 34.0 Å². The maximum Gasteiger partial charge on any atom is 0.254 e. The molecule has 3 nitrogen and oxygen atoms in total. The van der Waals surface area contributed by atoms with E-state index in [9.17, 15) is 9.18 Å². The smallest absolute Gasteiger partial charge is 0.254 e. The molecule has 0 aliphatic rings. The number of aryl methyl sites for hydroxylation is 2. The minimum atomic E-state index is -0.495. The van der Waals surface area contributed by atoms with Gasteiger partial charge in [0.05, 0.1) is 12.1 Å². The van der Waals surface area contributed by atoms with Crippen molar-refractivity contribution in [2.75, 3.05) is 0 Å². The second-order valence-electron chi connectivity index (χ2n) is 4.28. The summed E-state index contributed by atoms with van der Waals surface area (Å²) in [6.07, 6.45) is 1.90. The van der Waals surface area contributed by atoms with E-state index in [4.69, 9.17) is 0 Å². The molecule has 0 radical (unpaired) electrons. The zero-order valence-corrected chi connectivity index (χ0v) is 10.4. The van der Waals surface area contributed by atoms with Crippen molar-refractivity contribution in [2.24, 2.45) is 7.05 Å². The van der Waals surface area contributed by atoms with E-state index >= 15 is 0 Å². The van der Waals surface area contributed by atoms with Gasteiger partial charge in [0.2, 0.25) is 0 Å². The standard InChI is InChI=1S/C14H15FN2O/c1-10-5-6-13(15)12(8-10)14(18)16-9-11-4-3-7-17(11)2/h3-8H,9H2,1-2H3,(H,16,18). The Morgan fingerprint density at radius 3 is 2.83 bits per heavy atom. The molecule has 1 aromatic carbocycles. The number of nitrogens with zero attached hydrogens (tertiary/aromatic N) is 1. The molecule has 0 saturated heterocycles. The van der Waals surface area contributed by atoms with Crippen LogP contribution < -0.4 is 5.32 Å². The number of benzene rings is 1. The molecule has 2 rings (SSSR count). The summed E-state index contributed by atoms with van der Waals surface area (Å²) in [5, 5.41) is 2.71. The largest absolute Gasteiger partial charge is 0.353 e. The fourth-order valence-electron chi connectivity index (χ4n) is 1.76. The summed E-state index contributed by atoms with van der Waals surface area (Å²) in [7, 11) is 1.90. The number of hydrogen-bond acceptors (Lipinski definition) is 1. The second kappa shape index (κ2) is 5.04. The highest BCUT2D eigenvalue weighted by Crippen LogP contribution is 2.10. The minimum Gasteiger partial charge on any atom is -0.353 e. The summed E-state index contributed by atoms with van der Waals surface area (Å²) in [5.41, 5.74) is 1.92. The molecule has 18 heavy (non-hydrogen) atoms. The maximum absolute atomic E-state index is 13.5. The molecule has 0 aliphatic heterocycles. The SMILES string of the molecule is Cc1ccc(F)c(C(=O)NCc2cccn2C)c1. The van der Waals surface area contributed by atoms with Crippen LogP contribution >= 0.6 is 0 Å². The molecule has 1 aromatic heterocycles. The van der Waals surface area contributed by atoms with Gasteiger partial charge in [0.25, 0.3) is 5.91 Å². The number of nitrogens with one attached hydrogen (secondary N) is 1. The van der Waals surface area contributed by atoms with Crippen LogP contribution in [0.25, 0.3) is 0 Å². The van der Waals surface area contributed by atoms with Crippen LogP contribution in [0.3, 0.4) is 0 Å². The fourth-order valence-corrected chi connectivity index (χ4v) is 1.76. The first-order chi connectivity index (χ1) is 8.58. The lowest BCUT2D eigenvalue weighted by Gasteiger charge is -2.07. The molecule has 1 heterocycles. The summed E-state index contributed by atoms with van der Waals surface area (Å²) >= 11 is 0. The third kappa shape index (κ3) is 2.59. The summed E-state index contributed by atoms with van der Waals surface area (Å²) in [4.78, 5) is 11.9. The Morgan fingerprint density at radius 2 is 2.17 bits per heavy atom. The van der Waals surface area contributed by atoms with E-state index in [0.29, 0.717) is 6.54 Å². The molecule has 4 heteroatoms. The van der Waals surface area contributed by atoms with Gasteiger partial charge in [-0.2, -0.15) is 0 Å². The first-order valence-corrected chi connectivity index (χ1v) is 5.72. The third-order valence-electron chi connectivity index (χ3n) is 2.85. The van der Waals surface area contributed by atoms with Gasteiger partial charge in [0.1, 0.15) is 5.82 Å². The molecule has 0 atom stereocenters. The monoisotopic (exact) mass is 246 g/mol. The predicted octanol–water partition coefficient (Wildman–Crippen LogP) is 2.40.